The molecule has 0 fully saturated rings. The van der Waals surface area contributed by atoms with Gasteiger partial charge in [-0.1, -0.05) is 0 Å². The zero-order chi connectivity index (χ0) is 15.5. The summed E-state index contributed by atoms with van der Waals surface area (Å²) in [6.45, 7) is 0. The molecule has 110 valence electrons. The van der Waals surface area contributed by atoms with E-state index in [0.29, 0.717) is 5.75 Å². The van der Waals surface area contributed by atoms with Gasteiger partial charge < -0.3 is 9.47 Å². The van der Waals surface area contributed by atoms with Crippen molar-refractivity contribution in [3.8, 4) is 11.5 Å². The molecule has 0 heterocycles. The Morgan fingerprint density at radius 1 is 0.905 bits per heavy atom. The average molecular weight is 296 g/mol. The maximum atomic E-state index is 12.4. The Balaban J connectivity index is 2.08. The van der Waals surface area contributed by atoms with E-state index in [2.05, 4.69) is 0 Å². The monoisotopic (exact) mass is 296 g/mol. The molecular formula is C15H11F3O3. The van der Waals surface area contributed by atoms with Gasteiger partial charge in [0, 0.05) is 0 Å². The Morgan fingerprint density at radius 3 is 1.90 bits per heavy atom. The second-order valence-corrected chi connectivity index (χ2v) is 4.14. The number of methoxy groups -OCH3 is 1. The molecule has 0 aliphatic heterocycles. The number of esters is 1. The third-order valence-corrected chi connectivity index (χ3v) is 2.72. The van der Waals surface area contributed by atoms with E-state index in [-0.39, 0.29) is 11.3 Å². The van der Waals surface area contributed by atoms with E-state index >= 15 is 0 Å². The summed E-state index contributed by atoms with van der Waals surface area (Å²) in [5.41, 5.74) is -0.526. The number of benzene rings is 2. The average Bonchev–Trinajstić information content (AvgIpc) is 2.47. The molecule has 2 rings (SSSR count). The van der Waals surface area contributed by atoms with Gasteiger partial charge in [0.2, 0.25) is 0 Å². The maximum absolute atomic E-state index is 12.4. The van der Waals surface area contributed by atoms with Gasteiger partial charge >= 0.3 is 12.1 Å². The standard InChI is InChI=1S/C15H11F3O3/c1-20-12-6-2-10(3-7-12)14(19)21-13-8-4-11(5-9-13)15(16,17)18/h2-9H,1H3. The first-order valence-electron chi connectivity index (χ1n) is 5.93. The summed E-state index contributed by atoms with van der Waals surface area (Å²) in [5, 5.41) is 0. The van der Waals surface area contributed by atoms with E-state index in [4.69, 9.17) is 9.47 Å². The molecule has 0 bridgehead atoms. The minimum Gasteiger partial charge on any atom is -0.497 e. The number of ether oxygens (including phenoxy) is 2. The molecule has 0 aromatic heterocycles. The van der Waals surface area contributed by atoms with Crippen molar-refractivity contribution in [2.75, 3.05) is 7.11 Å². The lowest BCUT2D eigenvalue weighted by atomic mass is 10.2. The largest absolute Gasteiger partial charge is 0.497 e. The van der Waals surface area contributed by atoms with E-state index in [9.17, 15) is 18.0 Å². The van der Waals surface area contributed by atoms with Gasteiger partial charge in [-0.3, -0.25) is 0 Å². The fourth-order valence-corrected chi connectivity index (χ4v) is 1.61. The molecule has 21 heavy (non-hydrogen) atoms. The van der Waals surface area contributed by atoms with E-state index < -0.39 is 17.7 Å². The van der Waals surface area contributed by atoms with Crippen LogP contribution in [0.3, 0.4) is 0 Å². The predicted molar refractivity (Wildman–Crippen MR) is 69.4 cm³/mol. The lowest BCUT2D eigenvalue weighted by molar-refractivity contribution is -0.137. The molecule has 3 nitrogen and oxygen atoms in total. The van der Waals surface area contributed by atoms with E-state index in [0.717, 1.165) is 24.3 Å². The number of carbonyl (C=O) groups excluding carboxylic acids is 1. The third kappa shape index (κ3) is 3.75. The quantitative estimate of drug-likeness (QED) is 0.636. The molecule has 2 aromatic carbocycles. The van der Waals surface area contributed by atoms with Crippen molar-refractivity contribution < 1.29 is 27.4 Å². The van der Waals surface area contributed by atoms with Crippen LogP contribution in [0.15, 0.2) is 48.5 Å². The van der Waals surface area contributed by atoms with Crippen LogP contribution in [0.4, 0.5) is 13.2 Å². The summed E-state index contributed by atoms with van der Waals surface area (Å²) in [5.74, 6) is -0.0256. The summed E-state index contributed by atoms with van der Waals surface area (Å²) in [4.78, 5) is 11.8. The minimum absolute atomic E-state index is 0.0452. The Hall–Kier alpha value is -2.50. The van der Waals surface area contributed by atoms with Gasteiger partial charge in [0.15, 0.2) is 0 Å². The summed E-state index contributed by atoms with van der Waals surface area (Å²) in [7, 11) is 1.50. The first kappa shape index (κ1) is 14.9. The molecule has 0 radical (unpaired) electrons. The molecule has 0 aliphatic carbocycles. The highest BCUT2D eigenvalue weighted by Gasteiger charge is 2.30. The molecular weight excluding hydrogens is 285 g/mol. The van der Waals surface area contributed by atoms with Crippen LogP contribution in [0.1, 0.15) is 15.9 Å². The fourth-order valence-electron chi connectivity index (χ4n) is 1.61. The Bertz CT molecular complexity index is 616. The van der Waals surface area contributed by atoms with Gasteiger partial charge in [-0.25, -0.2) is 4.79 Å². The van der Waals surface area contributed by atoms with Crippen LogP contribution in [-0.2, 0) is 6.18 Å². The number of carbonyl (C=O) groups is 1. The highest BCUT2D eigenvalue weighted by Crippen LogP contribution is 2.30. The van der Waals surface area contributed by atoms with Crippen molar-refractivity contribution in [1.82, 2.24) is 0 Å². The number of hydrogen-bond acceptors (Lipinski definition) is 3. The van der Waals surface area contributed by atoms with Crippen LogP contribution in [0.2, 0.25) is 0 Å². The summed E-state index contributed by atoms with van der Waals surface area (Å²) >= 11 is 0. The van der Waals surface area contributed by atoms with Crippen molar-refractivity contribution in [1.29, 1.82) is 0 Å². The maximum Gasteiger partial charge on any atom is 0.416 e. The predicted octanol–water partition coefficient (Wildman–Crippen LogP) is 3.93. The summed E-state index contributed by atoms with van der Waals surface area (Å²) in [6, 6.07) is 10.1. The molecule has 0 saturated heterocycles. The molecule has 0 spiro atoms. The van der Waals surface area contributed by atoms with Crippen LogP contribution in [0, 0.1) is 0 Å². The molecule has 0 N–H and O–H groups in total. The molecule has 0 atom stereocenters. The van der Waals surface area contributed by atoms with E-state index in [1.54, 1.807) is 12.1 Å². The number of halogens is 3. The van der Waals surface area contributed by atoms with Gasteiger partial charge in [0.1, 0.15) is 11.5 Å². The fraction of sp³-hybridized carbons (Fsp3) is 0.133. The van der Waals surface area contributed by atoms with Gasteiger partial charge in [-0.05, 0) is 48.5 Å². The van der Waals surface area contributed by atoms with Crippen LogP contribution in [0.25, 0.3) is 0 Å². The zero-order valence-electron chi connectivity index (χ0n) is 11.0. The van der Waals surface area contributed by atoms with Crippen LogP contribution >= 0.6 is 0 Å². The van der Waals surface area contributed by atoms with Gasteiger partial charge in [-0.15, -0.1) is 0 Å². The molecule has 2 aromatic rings. The van der Waals surface area contributed by atoms with Crippen molar-refractivity contribution in [2.24, 2.45) is 0 Å². The second kappa shape index (κ2) is 5.87. The summed E-state index contributed by atoms with van der Waals surface area (Å²) in [6.07, 6.45) is -4.42. The van der Waals surface area contributed by atoms with Crippen molar-refractivity contribution in [3.63, 3.8) is 0 Å². The van der Waals surface area contributed by atoms with E-state index in [1.165, 1.54) is 19.2 Å². The highest BCUT2D eigenvalue weighted by molar-refractivity contribution is 5.91. The number of alkyl halides is 3. The molecule has 0 saturated carbocycles. The van der Waals surface area contributed by atoms with Crippen LogP contribution in [0.5, 0.6) is 11.5 Å². The Kier molecular flexibility index (Phi) is 4.16. The SMILES string of the molecule is COc1ccc(C(=O)Oc2ccc(C(F)(F)F)cc2)cc1. The highest BCUT2D eigenvalue weighted by atomic mass is 19.4. The third-order valence-electron chi connectivity index (χ3n) is 2.72. The smallest absolute Gasteiger partial charge is 0.416 e. The van der Waals surface area contributed by atoms with Gasteiger partial charge in [0.25, 0.3) is 0 Å². The summed E-state index contributed by atoms with van der Waals surface area (Å²) < 4.78 is 47.1. The van der Waals surface area contributed by atoms with Crippen LogP contribution < -0.4 is 9.47 Å². The lowest BCUT2D eigenvalue weighted by Gasteiger charge is -2.08. The minimum atomic E-state index is -4.42. The first-order valence-corrected chi connectivity index (χ1v) is 5.93. The number of rotatable bonds is 3. The van der Waals surface area contributed by atoms with Crippen molar-refractivity contribution >= 4 is 5.97 Å². The zero-order valence-corrected chi connectivity index (χ0v) is 11.0. The van der Waals surface area contributed by atoms with Crippen molar-refractivity contribution in [3.05, 3.63) is 59.7 Å². The molecule has 0 amide bonds. The normalized spacial score (nSPS) is 11.0. The van der Waals surface area contributed by atoms with Gasteiger partial charge in [-0.2, -0.15) is 13.2 Å². The first-order chi connectivity index (χ1) is 9.90. The molecule has 0 unspecified atom stereocenters. The second-order valence-electron chi connectivity index (χ2n) is 4.14. The van der Waals surface area contributed by atoms with E-state index in [1.807, 2.05) is 0 Å². The Morgan fingerprint density at radius 2 is 1.43 bits per heavy atom. The lowest BCUT2D eigenvalue weighted by Crippen LogP contribution is -2.09. The van der Waals surface area contributed by atoms with Gasteiger partial charge in [0.05, 0.1) is 18.2 Å². The number of hydrogen-bond donors (Lipinski definition) is 0. The Labute approximate surface area is 118 Å². The topological polar surface area (TPSA) is 35.5 Å². The molecule has 6 heteroatoms. The molecule has 0 aliphatic rings. The van der Waals surface area contributed by atoms with Crippen LogP contribution in [-0.4, -0.2) is 13.1 Å². The van der Waals surface area contributed by atoms with Crippen molar-refractivity contribution in [2.45, 2.75) is 6.18 Å².